The fourth-order valence-electron chi connectivity index (χ4n) is 4.18. The zero-order chi connectivity index (χ0) is 22.8. The van der Waals surface area contributed by atoms with Crippen molar-refractivity contribution in [1.29, 1.82) is 0 Å². The molecule has 172 valence electrons. The summed E-state index contributed by atoms with van der Waals surface area (Å²) in [7, 11) is 3.65. The lowest BCUT2D eigenvalue weighted by molar-refractivity contribution is -0.119. The van der Waals surface area contributed by atoms with Crippen LogP contribution in [0.3, 0.4) is 0 Å². The number of rotatable bonds is 7. The first-order valence-corrected chi connectivity index (χ1v) is 11.4. The van der Waals surface area contributed by atoms with Crippen LogP contribution in [0.2, 0.25) is 0 Å². The number of carbonyl (C=O) groups is 1. The molecule has 0 aromatic heterocycles. The highest BCUT2D eigenvalue weighted by atomic mass is 16.1. The number of carbonyl (C=O) groups excluding carboxylic acids is 1. The number of benzene rings is 1. The Morgan fingerprint density at radius 1 is 1.39 bits per heavy atom. The van der Waals surface area contributed by atoms with Crippen LogP contribution in [0.25, 0.3) is 0 Å². The number of allylic oxidation sites excluding steroid dienone is 1. The molecule has 0 aliphatic carbocycles. The lowest BCUT2D eigenvalue weighted by atomic mass is 9.84. The Morgan fingerprint density at radius 3 is 2.84 bits per heavy atom. The van der Waals surface area contributed by atoms with Crippen LogP contribution in [0, 0.1) is 5.92 Å². The number of hydrogen-bond donors (Lipinski definition) is 3. The van der Waals surface area contributed by atoms with Gasteiger partial charge in [-0.3, -0.25) is 9.80 Å². The van der Waals surface area contributed by atoms with Gasteiger partial charge in [-0.2, -0.15) is 5.11 Å². The zero-order valence-corrected chi connectivity index (χ0v) is 20.0. The Balaban J connectivity index is 2.27. The van der Waals surface area contributed by atoms with E-state index in [2.05, 4.69) is 72.2 Å². The molecule has 1 heterocycles. The maximum Gasteiger partial charge on any atom is 0.224 e. The van der Waals surface area contributed by atoms with Gasteiger partial charge in [0.15, 0.2) is 0 Å². The van der Waals surface area contributed by atoms with Crippen molar-refractivity contribution in [2.75, 3.05) is 32.5 Å². The summed E-state index contributed by atoms with van der Waals surface area (Å²) in [5, 5.41) is 21.0. The molecular weight excluding hydrogens is 388 g/mol. The first kappa shape index (κ1) is 24.9. The summed E-state index contributed by atoms with van der Waals surface area (Å²) >= 11 is 0. The first-order chi connectivity index (χ1) is 14.9. The van der Waals surface area contributed by atoms with Crippen molar-refractivity contribution < 1.29 is 4.79 Å². The third-order valence-electron chi connectivity index (χ3n) is 6.12. The highest BCUT2D eigenvalue weighted by molar-refractivity contribution is 5.78. The number of likely N-dealkylation sites (N-methyl/N-ethyl adjacent to an activating group) is 1. The molecule has 1 aromatic carbocycles. The van der Waals surface area contributed by atoms with E-state index in [9.17, 15) is 4.79 Å². The molecule has 0 radical (unpaired) electrons. The van der Waals surface area contributed by atoms with Crippen molar-refractivity contribution >= 4 is 11.6 Å². The Kier molecular flexibility index (Phi) is 9.98. The summed E-state index contributed by atoms with van der Waals surface area (Å²) < 4.78 is 0. The summed E-state index contributed by atoms with van der Waals surface area (Å²) in [4.78, 5) is 11.8. The third kappa shape index (κ3) is 7.65. The van der Waals surface area contributed by atoms with Crippen LogP contribution >= 0.6 is 0 Å². The molecule has 1 aliphatic rings. The molecule has 1 aromatic rings. The molecule has 3 N–H and O–H groups in total. The van der Waals surface area contributed by atoms with E-state index < -0.39 is 0 Å². The van der Waals surface area contributed by atoms with Crippen LogP contribution in [-0.4, -0.2) is 56.2 Å². The number of amides is 1. The molecule has 1 aliphatic heterocycles. The average molecular weight is 429 g/mol. The largest absolute Gasteiger partial charge is 0.378 e. The van der Waals surface area contributed by atoms with Gasteiger partial charge in [0.25, 0.3) is 0 Å². The molecule has 0 fully saturated rings. The van der Waals surface area contributed by atoms with Crippen LogP contribution in [0.1, 0.15) is 46.1 Å². The number of anilines is 1. The summed E-state index contributed by atoms with van der Waals surface area (Å²) in [5.74, 6) is 0.372. The molecule has 4 atom stereocenters. The number of nitrogens with zero attached hydrogens (tertiary/aromatic N) is 3. The van der Waals surface area contributed by atoms with Crippen molar-refractivity contribution in [1.82, 2.24) is 15.6 Å². The zero-order valence-electron chi connectivity index (χ0n) is 20.0. The predicted octanol–water partition coefficient (Wildman–Crippen LogP) is 3.80. The van der Waals surface area contributed by atoms with Crippen LogP contribution < -0.4 is 16.0 Å². The van der Waals surface area contributed by atoms with E-state index in [-0.39, 0.29) is 18.0 Å². The summed E-state index contributed by atoms with van der Waals surface area (Å²) in [6.45, 7) is 10.4. The topological polar surface area (TPSA) is 81.1 Å². The van der Waals surface area contributed by atoms with Gasteiger partial charge in [-0.05, 0) is 57.9 Å². The normalized spacial score (nSPS) is 25.7. The van der Waals surface area contributed by atoms with E-state index in [1.807, 2.05) is 24.2 Å². The maximum absolute atomic E-state index is 11.8. The van der Waals surface area contributed by atoms with Crippen LogP contribution in [-0.2, 0) is 11.2 Å². The summed E-state index contributed by atoms with van der Waals surface area (Å²) in [6.07, 6.45) is 4.52. The van der Waals surface area contributed by atoms with Gasteiger partial charge in [0.2, 0.25) is 5.91 Å². The predicted molar refractivity (Wildman–Crippen MR) is 128 cm³/mol. The monoisotopic (exact) mass is 428 g/mol. The molecule has 0 saturated carbocycles. The van der Waals surface area contributed by atoms with Gasteiger partial charge in [0.1, 0.15) is 0 Å². The lowest BCUT2D eigenvalue weighted by Gasteiger charge is -2.33. The average Bonchev–Trinajstić information content (AvgIpc) is 2.75. The molecule has 0 saturated heterocycles. The van der Waals surface area contributed by atoms with Gasteiger partial charge in [-0.25, -0.2) is 0 Å². The second-order valence-electron chi connectivity index (χ2n) is 8.44. The molecule has 31 heavy (non-hydrogen) atoms. The first-order valence-electron chi connectivity index (χ1n) is 11.4. The standard InChI is InChI=1S/C24H40N6O/c1-7-20-16-22(17(3)26-8-2)18(4)28-29-30(6)13-12-23(20)27-21-11-9-10-19(14-21)15-24(31)25-5/h7,9-11,14,17-18,22-23,26-27H,8,12-13,15-16H2,1-6H3,(H,25,31)/b20-7+,29-28-/t17?,18-,22-,23?/m1/s1. The Morgan fingerprint density at radius 2 is 2.16 bits per heavy atom. The maximum atomic E-state index is 11.8. The van der Waals surface area contributed by atoms with Gasteiger partial charge in [0, 0.05) is 44.3 Å². The van der Waals surface area contributed by atoms with Crippen molar-refractivity contribution in [2.45, 2.75) is 65.1 Å². The molecule has 0 spiro atoms. The van der Waals surface area contributed by atoms with Gasteiger partial charge in [-0.15, -0.1) is 0 Å². The van der Waals surface area contributed by atoms with Gasteiger partial charge < -0.3 is 16.0 Å². The highest BCUT2D eigenvalue weighted by Gasteiger charge is 2.28. The molecule has 1 amide bonds. The van der Waals surface area contributed by atoms with E-state index in [0.29, 0.717) is 18.4 Å². The van der Waals surface area contributed by atoms with Crippen molar-refractivity contribution in [3.05, 3.63) is 41.5 Å². The van der Waals surface area contributed by atoms with Crippen LogP contribution in [0.5, 0.6) is 0 Å². The Labute approximate surface area is 187 Å². The van der Waals surface area contributed by atoms with Crippen molar-refractivity contribution in [3.8, 4) is 0 Å². The number of hydrogen-bond acceptors (Lipinski definition) is 6. The van der Waals surface area contributed by atoms with Crippen LogP contribution in [0.15, 0.2) is 46.3 Å². The minimum Gasteiger partial charge on any atom is -0.378 e. The molecule has 7 heteroatoms. The quantitative estimate of drug-likeness (QED) is 0.577. The highest BCUT2D eigenvalue weighted by Crippen LogP contribution is 2.28. The van der Waals surface area contributed by atoms with Crippen molar-refractivity contribution in [2.24, 2.45) is 16.3 Å². The second-order valence-corrected chi connectivity index (χ2v) is 8.44. The SMILES string of the molecule is C/C=C1\C[C@H](C(C)NCC)[C@@H](C)/N=N\N(C)CCC1Nc1cccc(CC(=O)NC)c1. The minimum absolute atomic E-state index is 0.0196. The molecule has 2 rings (SSSR count). The smallest absolute Gasteiger partial charge is 0.224 e. The number of nitrogens with one attached hydrogen (secondary N) is 3. The van der Waals surface area contributed by atoms with Gasteiger partial charge in [0.05, 0.1) is 12.5 Å². The fraction of sp³-hybridized carbons (Fsp3) is 0.625. The van der Waals surface area contributed by atoms with E-state index in [1.165, 1.54) is 5.57 Å². The second kappa shape index (κ2) is 12.4. The minimum atomic E-state index is 0.0196. The molecule has 0 bridgehead atoms. The van der Waals surface area contributed by atoms with Gasteiger partial charge in [-0.1, -0.05) is 35.9 Å². The summed E-state index contributed by atoms with van der Waals surface area (Å²) in [6, 6.07) is 8.81. The van der Waals surface area contributed by atoms with Crippen molar-refractivity contribution in [3.63, 3.8) is 0 Å². The van der Waals surface area contributed by atoms with Gasteiger partial charge >= 0.3 is 0 Å². The van der Waals surface area contributed by atoms with E-state index >= 15 is 0 Å². The Hall–Kier alpha value is -2.41. The van der Waals surface area contributed by atoms with E-state index in [0.717, 1.165) is 37.2 Å². The van der Waals surface area contributed by atoms with E-state index in [1.54, 1.807) is 7.05 Å². The van der Waals surface area contributed by atoms with E-state index in [4.69, 9.17) is 0 Å². The lowest BCUT2D eigenvalue weighted by Crippen LogP contribution is -2.40. The molecule has 2 unspecified atom stereocenters. The summed E-state index contributed by atoms with van der Waals surface area (Å²) in [5.41, 5.74) is 3.43. The van der Waals surface area contributed by atoms with Crippen LogP contribution in [0.4, 0.5) is 5.69 Å². The third-order valence-corrected chi connectivity index (χ3v) is 6.12. The fourth-order valence-corrected chi connectivity index (χ4v) is 4.18. The molecular formula is C24H40N6O. The molecule has 7 nitrogen and oxygen atoms in total. The Bertz CT molecular complexity index is 762.